The van der Waals surface area contributed by atoms with Crippen LogP contribution in [0.3, 0.4) is 0 Å². The Morgan fingerprint density at radius 3 is 2.39 bits per heavy atom. The number of nitrogens with one attached hydrogen (secondary N) is 1. The average Bonchev–Trinajstić information content (AvgIpc) is 3.10. The molecule has 0 bridgehead atoms. The van der Waals surface area contributed by atoms with Crippen molar-refractivity contribution in [3.8, 4) is 0 Å². The quantitative estimate of drug-likeness (QED) is 0.423. The molecular formula is C28H33N3O4S. The number of amides is 2. The summed E-state index contributed by atoms with van der Waals surface area (Å²) < 4.78 is 27.9. The van der Waals surface area contributed by atoms with Gasteiger partial charge in [0.15, 0.2) is 0 Å². The highest BCUT2D eigenvalue weighted by Crippen LogP contribution is 2.42. The van der Waals surface area contributed by atoms with E-state index in [0.29, 0.717) is 42.9 Å². The molecule has 3 aromatic carbocycles. The van der Waals surface area contributed by atoms with Gasteiger partial charge in [0.05, 0.1) is 10.6 Å². The highest BCUT2D eigenvalue weighted by atomic mass is 32.2. The molecule has 0 saturated heterocycles. The third kappa shape index (κ3) is 5.09. The molecule has 1 aliphatic heterocycles. The van der Waals surface area contributed by atoms with E-state index < -0.39 is 16.1 Å². The molecule has 2 amide bonds. The maximum atomic E-state index is 13.4. The van der Waals surface area contributed by atoms with Crippen LogP contribution in [0, 0.1) is 0 Å². The molecule has 0 fully saturated rings. The molecule has 1 N–H and O–H groups in total. The molecule has 1 heterocycles. The summed E-state index contributed by atoms with van der Waals surface area (Å²) in [7, 11) is -3.66. The monoisotopic (exact) mass is 507 g/mol. The first kappa shape index (κ1) is 25.7. The van der Waals surface area contributed by atoms with Gasteiger partial charge >= 0.3 is 0 Å². The van der Waals surface area contributed by atoms with Crippen LogP contribution in [0.15, 0.2) is 71.6 Å². The lowest BCUT2D eigenvalue weighted by molar-refractivity contribution is -0.140. The lowest BCUT2D eigenvalue weighted by atomic mass is 10.1. The Balaban J connectivity index is 1.48. The Morgan fingerprint density at radius 1 is 0.972 bits per heavy atom. The third-order valence-electron chi connectivity index (χ3n) is 6.65. The Morgan fingerprint density at radius 2 is 1.69 bits per heavy atom. The van der Waals surface area contributed by atoms with Gasteiger partial charge in [-0.05, 0) is 49.3 Å². The van der Waals surface area contributed by atoms with E-state index in [1.165, 1.54) is 4.31 Å². The molecule has 0 spiro atoms. The van der Waals surface area contributed by atoms with E-state index in [-0.39, 0.29) is 24.8 Å². The number of nitrogens with zero attached hydrogens (tertiary/aromatic N) is 2. The highest BCUT2D eigenvalue weighted by molar-refractivity contribution is 7.93. The zero-order valence-electron chi connectivity index (χ0n) is 20.8. The first-order valence-corrected chi connectivity index (χ1v) is 14.0. The standard InChI is InChI=1S/C28H33N3O4S/c1-3-23(28(33)29-4-2)30(20-18-21-11-6-5-7-12-21)26(32)17-10-19-31-24-15-8-13-22-14-9-16-25(27(22)24)36(31,34)35/h5-9,11-16,23H,3-4,10,17-20H2,1-2H3,(H,29,33)/t23-/m0/s1. The molecule has 36 heavy (non-hydrogen) atoms. The number of likely N-dealkylation sites (N-methyl/N-ethyl adjacent to an activating group) is 1. The van der Waals surface area contributed by atoms with E-state index in [1.807, 2.05) is 68.4 Å². The summed E-state index contributed by atoms with van der Waals surface area (Å²) in [5.41, 5.74) is 1.75. The van der Waals surface area contributed by atoms with Crippen molar-refractivity contribution in [2.75, 3.05) is 23.9 Å². The van der Waals surface area contributed by atoms with E-state index in [2.05, 4.69) is 5.32 Å². The van der Waals surface area contributed by atoms with Crippen LogP contribution in [-0.4, -0.2) is 50.8 Å². The number of hydrogen-bond donors (Lipinski definition) is 1. The molecule has 0 radical (unpaired) electrons. The zero-order chi connectivity index (χ0) is 25.7. The zero-order valence-corrected chi connectivity index (χ0v) is 21.6. The van der Waals surface area contributed by atoms with Crippen LogP contribution >= 0.6 is 0 Å². The Hall–Kier alpha value is -3.39. The number of rotatable bonds is 11. The van der Waals surface area contributed by atoms with Crippen molar-refractivity contribution >= 4 is 38.3 Å². The largest absolute Gasteiger partial charge is 0.355 e. The summed E-state index contributed by atoms with van der Waals surface area (Å²) in [6.07, 6.45) is 1.66. The van der Waals surface area contributed by atoms with Gasteiger partial charge in [-0.1, -0.05) is 61.5 Å². The Bertz CT molecular complexity index is 1340. The van der Waals surface area contributed by atoms with Crippen molar-refractivity contribution in [2.24, 2.45) is 0 Å². The van der Waals surface area contributed by atoms with E-state index >= 15 is 0 Å². The van der Waals surface area contributed by atoms with Crippen LogP contribution < -0.4 is 9.62 Å². The minimum atomic E-state index is -3.66. The minimum absolute atomic E-state index is 0.142. The second-order valence-corrected chi connectivity index (χ2v) is 10.8. The van der Waals surface area contributed by atoms with Crippen molar-refractivity contribution in [2.45, 2.75) is 50.5 Å². The van der Waals surface area contributed by atoms with Gasteiger partial charge in [-0.25, -0.2) is 8.42 Å². The lowest BCUT2D eigenvalue weighted by Gasteiger charge is -2.31. The minimum Gasteiger partial charge on any atom is -0.355 e. The molecule has 190 valence electrons. The van der Waals surface area contributed by atoms with Crippen molar-refractivity contribution in [3.63, 3.8) is 0 Å². The van der Waals surface area contributed by atoms with Gasteiger partial charge in [-0.2, -0.15) is 0 Å². The number of carbonyl (C=O) groups excluding carboxylic acids is 2. The maximum Gasteiger partial charge on any atom is 0.265 e. The second-order valence-electron chi connectivity index (χ2n) is 8.95. The fourth-order valence-corrected chi connectivity index (χ4v) is 6.65. The first-order chi connectivity index (χ1) is 17.4. The second kappa shape index (κ2) is 11.1. The highest BCUT2D eigenvalue weighted by Gasteiger charge is 2.35. The number of sulfonamides is 1. The maximum absolute atomic E-state index is 13.4. The van der Waals surface area contributed by atoms with Crippen LogP contribution in [0.25, 0.3) is 10.8 Å². The number of benzene rings is 3. The van der Waals surface area contributed by atoms with Gasteiger partial charge in [0.25, 0.3) is 10.0 Å². The smallest absolute Gasteiger partial charge is 0.265 e. The van der Waals surface area contributed by atoms with Crippen molar-refractivity contribution < 1.29 is 18.0 Å². The van der Waals surface area contributed by atoms with E-state index in [1.54, 1.807) is 17.0 Å². The fraction of sp³-hybridized carbons (Fsp3) is 0.357. The molecule has 3 aromatic rings. The van der Waals surface area contributed by atoms with Crippen molar-refractivity contribution in [1.82, 2.24) is 10.2 Å². The molecule has 1 aliphatic rings. The number of hydrogen-bond acceptors (Lipinski definition) is 4. The van der Waals surface area contributed by atoms with Crippen LogP contribution in [0.1, 0.15) is 38.7 Å². The molecule has 1 atom stereocenters. The molecule has 8 heteroatoms. The van der Waals surface area contributed by atoms with Crippen LogP contribution in [0.2, 0.25) is 0 Å². The molecule has 0 unspecified atom stereocenters. The van der Waals surface area contributed by atoms with Crippen molar-refractivity contribution in [1.29, 1.82) is 0 Å². The average molecular weight is 508 g/mol. The predicted molar refractivity (Wildman–Crippen MR) is 142 cm³/mol. The van der Waals surface area contributed by atoms with Crippen LogP contribution in [-0.2, 0) is 26.0 Å². The van der Waals surface area contributed by atoms with Crippen LogP contribution in [0.4, 0.5) is 5.69 Å². The third-order valence-corrected chi connectivity index (χ3v) is 8.51. The summed E-state index contributed by atoms with van der Waals surface area (Å²) in [6.45, 7) is 4.87. The lowest BCUT2D eigenvalue weighted by Crippen LogP contribution is -2.50. The number of anilines is 1. The van der Waals surface area contributed by atoms with Gasteiger partial charge in [-0.3, -0.25) is 13.9 Å². The normalized spacial score (nSPS) is 14.6. The first-order valence-electron chi connectivity index (χ1n) is 12.5. The van der Waals surface area contributed by atoms with Gasteiger partial charge in [0.2, 0.25) is 11.8 Å². The SMILES string of the molecule is CCNC(=O)[C@H](CC)N(CCc1ccccc1)C(=O)CCCN1c2cccc3cccc(c23)S1(=O)=O. The van der Waals surface area contributed by atoms with Gasteiger partial charge in [-0.15, -0.1) is 0 Å². The molecular weight excluding hydrogens is 474 g/mol. The van der Waals surface area contributed by atoms with E-state index in [0.717, 1.165) is 16.3 Å². The summed E-state index contributed by atoms with van der Waals surface area (Å²) in [5, 5.41) is 4.46. The van der Waals surface area contributed by atoms with Crippen LogP contribution in [0.5, 0.6) is 0 Å². The molecule has 4 rings (SSSR count). The summed E-state index contributed by atoms with van der Waals surface area (Å²) in [6, 6.07) is 20.2. The Labute approximate surface area is 213 Å². The summed E-state index contributed by atoms with van der Waals surface area (Å²) in [5.74, 6) is -0.304. The van der Waals surface area contributed by atoms with Crippen molar-refractivity contribution in [3.05, 3.63) is 72.3 Å². The van der Waals surface area contributed by atoms with E-state index in [4.69, 9.17) is 0 Å². The predicted octanol–water partition coefficient (Wildman–Crippen LogP) is 4.11. The van der Waals surface area contributed by atoms with Gasteiger partial charge < -0.3 is 10.2 Å². The van der Waals surface area contributed by atoms with Gasteiger partial charge in [0.1, 0.15) is 6.04 Å². The van der Waals surface area contributed by atoms with Gasteiger partial charge in [0, 0.05) is 31.4 Å². The molecule has 0 saturated carbocycles. The summed E-state index contributed by atoms with van der Waals surface area (Å²) in [4.78, 5) is 28.1. The summed E-state index contributed by atoms with van der Waals surface area (Å²) >= 11 is 0. The molecule has 0 aromatic heterocycles. The number of carbonyl (C=O) groups is 2. The van der Waals surface area contributed by atoms with E-state index in [9.17, 15) is 18.0 Å². The molecule has 0 aliphatic carbocycles. The Kier molecular flexibility index (Phi) is 7.94. The fourth-order valence-electron chi connectivity index (χ4n) is 4.90. The topological polar surface area (TPSA) is 86.8 Å². The molecule has 7 nitrogen and oxygen atoms in total.